The number of para-hydroxylation sites is 1. The Morgan fingerprint density at radius 2 is 1.90 bits per heavy atom. The maximum atomic E-state index is 12.3. The van der Waals surface area contributed by atoms with Gasteiger partial charge in [-0.2, -0.15) is 0 Å². The van der Waals surface area contributed by atoms with E-state index in [4.69, 9.17) is 9.47 Å². The molecule has 4 heteroatoms. The summed E-state index contributed by atoms with van der Waals surface area (Å²) in [5.41, 5.74) is 2.58. The zero-order valence-corrected chi connectivity index (χ0v) is 12.1. The molecule has 0 saturated heterocycles. The largest absolute Gasteiger partial charge is 0.497 e. The first kappa shape index (κ1) is 13.5. The minimum atomic E-state index is -0.0896. The summed E-state index contributed by atoms with van der Waals surface area (Å²) in [6.45, 7) is 0. The van der Waals surface area contributed by atoms with E-state index >= 15 is 0 Å². The van der Waals surface area contributed by atoms with E-state index < -0.39 is 0 Å². The molecule has 0 bridgehead atoms. The maximum absolute atomic E-state index is 12.3. The van der Waals surface area contributed by atoms with Crippen LogP contribution < -0.4 is 14.8 Å². The van der Waals surface area contributed by atoms with Gasteiger partial charge in [-0.05, 0) is 24.3 Å². The Morgan fingerprint density at radius 1 is 1.10 bits per heavy atom. The van der Waals surface area contributed by atoms with E-state index in [1.54, 1.807) is 14.2 Å². The number of benzene rings is 2. The van der Waals surface area contributed by atoms with Gasteiger partial charge in [-0.3, -0.25) is 4.79 Å². The van der Waals surface area contributed by atoms with Crippen molar-refractivity contribution >= 4 is 11.5 Å². The number of ketones is 1. The van der Waals surface area contributed by atoms with E-state index in [-0.39, 0.29) is 11.8 Å². The van der Waals surface area contributed by atoms with E-state index in [0.29, 0.717) is 6.42 Å². The first-order valence-corrected chi connectivity index (χ1v) is 6.83. The monoisotopic (exact) mass is 283 g/mol. The number of fused-ring (bicyclic) bond motifs is 1. The molecule has 0 fully saturated rings. The highest BCUT2D eigenvalue weighted by molar-refractivity contribution is 6.03. The maximum Gasteiger partial charge on any atom is 0.167 e. The number of anilines is 1. The summed E-state index contributed by atoms with van der Waals surface area (Å²) in [6.07, 6.45) is 0.416. The second-order valence-electron chi connectivity index (χ2n) is 4.98. The zero-order chi connectivity index (χ0) is 14.8. The van der Waals surface area contributed by atoms with Crippen LogP contribution in [0, 0.1) is 0 Å². The SMILES string of the molecule is COc1ccc(C2CC(=O)c3ccccc3N2)c(OC)c1. The summed E-state index contributed by atoms with van der Waals surface area (Å²) in [7, 11) is 3.24. The molecule has 0 aromatic heterocycles. The lowest BCUT2D eigenvalue weighted by Gasteiger charge is -2.27. The number of carbonyl (C=O) groups is 1. The van der Waals surface area contributed by atoms with E-state index in [2.05, 4.69) is 5.32 Å². The number of rotatable bonds is 3. The molecule has 1 unspecified atom stereocenters. The van der Waals surface area contributed by atoms with Crippen molar-refractivity contribution < 1.29 is 14.3 Å². The number of nitrogens with one attached hydrogen (secondary N) is 1. The van der Waals surface area contributed by atoms with Crippen LogP contribution in [0.1, 0.15) is 28.4 Å². The Kier molecular flexibility index (Phi) is 3.52. The number of hydrogen-bond donors (Lipinski definition) is 1. The Labute approximate surface area is 123 Å². The molecule has 1 N–H and O–H groups in total. The van der Waals surface area contributed by atoms with Crippen molar-refractivity contribution in [3.05, 3.63) is 53.6 Å². The van der Waals surface area contributed by atoms with Crippen molar-refractivity contribution in [1.29, 1.82) is 0 Å². The minimum Gasteiger partial charge on any atom is -0.497 e. The van der Waals surface area contributed by atoms with Crippen molar-refractivity contribution in [3.8, 4) is 11.5 Å². The molecule has 0 saturated carbocycles. The molecule has 0 aliphatic carbocycles. The van der Waals surface area contributed by atoms with Crippen molar-refractivity contribution in [3.63, 3.8) is 0 Å². The number of Topliss-reactive ketones (excluding diaryl/α,β-unsaturated/α-hetero) is 1. The molecule has 21 heavy (non-hydrogen) atoms. The van der Waals surface area contributed by atoms with Crippen molar-refractivity contribution in [2.75, 3.05) is 19.5 Å². The lowest BCUT2D eigenvalue weighted by Crippen LogP contribution is -2.23. The minimum absolute atomic E-state index is 0.0896. The van der Waals surface area contributed by atoms with Crippen LogP contribution >= 0.6 is 0 Å². The van der Waals surface area contributed by atoms with Crippen LogP contribution in [0.2, 0.25) is 0 Å². The zero-order valence-electron chi connectivity index (χ0n) is 12.1. The molecular formula is C17H17NO3. The highest BCUT2D eigenvalue weighted by atomic mass is 16.5. The fourth-order valence-electron chi connectivity index (χ4n) is 2.68. The third-order valence-electron chi connectivity index (χ3n) is 3.76. The summed E-state index contributed by atoms with van der Waals surface area (Å²) >= 11 is 0. The molecule has 108 valence electrons. The normalized spacial score (nSPS) is 16.9. The Hall–Kier alpha value is -2.49. The highest BCUT2D eigenvalue weighted by Crippen LogP contribution is 2.37. The molecule has 1 aliphatic heterocycles. The van der Waals surface area contributed by atoms with E-state index in [1.165, 1.54) is 0 Å². The van der Waals surface area contributed by atoms with Crippen LogP contribution in [0.3, 0.4) is 0 Å². The molecule has 1 aliphatic rings. The van der Waals surface area contributed by atoms with E-state index in [0.717, 1.165) is 28.3 Å². The van der Waals surface area contributed by atoms with Crippen molar-refractivity contribution in [2.24, 2.45) is 0 Å². The molecule has 0 amide bonds. The fourth-order valence-corrected chi connectivity index (χ4v) is 2.68. The van der Waals surface area contributed by atoms with Crippen molar-refractivity contribution in [1.82, 2.24) is 0 Å². The van der Waals surface area contributed by atoms with Crippen LogP contribution in [0.4, 0.5) is 5.69 Å². The molecule has 0 radical (unpaired) electrons. The number of methoxy groups -OCH3 is 2. The molecule has 1 heterocycles. The lowest BCUT2D eigenvalue weighted by molar-refractivity contribution is 0.0972. The standard InChI is InChI=1S/C17H17NO3/c1-20-11-7-8-13(17(9-11)21-2)15-10-16(19)12-5-3-4-6-14(12)18-15/h3-9,15,18H,10H2,1-2H3. The van der Waals surface area contributed by atoms with Gasteiger partial charge >= 0.3 is 0 Å². The summed E-state index contributed by atoms with van der Waals surface area (Å²) in [6, 6.07) is 13.2. The Morgan fingerprint density at radius 3 is 2.67 bits per heavy atom. The summed E-state index contributed by atoms with van der Waals surface area (Å²) < 4.78 is 10.6. The van der Waals surface area contributed by atoms with E-state index in [9.17, 15) is 4.79 Å². The molecule has 2 aromatic carbocycles. The van der Waals surface area contributed by atoms with Gasteiger partial charge in [0.05, 0.1) is 20.3 Å². The summed E-state index contributed by atoms with van der Waals surface area (Å²) in [4.78, 5) is 12.3. The van der Waals surface area contributed by atoms with Gasteiger partial charge in [-0.25, -0.2) is 0 Å². The molecule has 3 rings (SSSR count). The second kappa shape index (κ2) is 5.48. The van der Waals surface area contributed by atoms with Gasteiger partial charge in [0.2, 0.25) is 0 Å². The number of hydrogen-bond acceptors (Lipinski definition) is 4. The Balaban J connectivity index is 1.98. The summed E-state index contributed by atoms with van der Waals surface area (Å²) in [5.74, 6) is 1.60. The Bertz CT molecular complexity index is 681. The van der Waals surface area contributed by atoms with Crippen LogP contribution in [-0.2, 0) is 0 Å². The molecule has 4 nitrogen and oxygen atoms in total. The fraction of sp³-hybridized carbons (Fsp3) is 0.235. The molecule has 1 atom stereocenters. The second-order valence-corrected chi connectivity index (χ2v) is 4.98. The first-order valence-electron chi connectivity index (χ1n) is 6.83. The number of ether oxygens (including phenoxy) is 2. The van der Waals surface area contributed by atoms with Crippen LogP contribution in [0.5, 0.6) is 11.5 Å². The van der Waals surface area contributed by atoms with Crippen LogP contribution in [0.25, 0.3) is 0 Å². The van der Waals surface area contributed by atoms with Crippen LogP contribution in [0.15, 0.2) is 42.5 Å². The molecule has 0 spiro atoms. The van der Waals surface area contributed by atoms with E-state index in [1.807, 2.05) is 42.5 Å². The van der Waals surface area contributed by atoms with Gasteiger partial charge in [-0.15, -0.1) is 0 Å². The highest BCUT2D eigenvalue weighted by Gasteiger charge is 2.27. The van der Waals surface area contributed by atoms with Gasteiger partial charge in [0, 0.05) is 29.3 Å². The predicted octanol–water partition coefficient (Wildman–Crippen LogP) is 3.44. The quantitative estimate of drug-likeness (QED) is 0.937. The van der Waals surface area contributed by atoms with Gasteiger partial charge in [0.25, 0.3) is 0 Å². The van der Waals surface area contributed by atoms with Crippen LogP contribution in [-0.4, -0.2) is 20.0 Å². The summed E-state index contributed by atoms with van der Waals surface area (Å²) in [5, 5.41) is 3.41. The van der Waals surface area contributed by atoms with Gasteiger partial charge in [0.15, 0.2) is 5.78 Å². The topological polar surface area (TPSA) is 47.6 Å². The van der Waals surface area contributed by atoms with Gasteiger partial charge in [0.1, 0.15) is 11.5 Å². The lowest BCUT2D eigenvalue weighted by atomic mass is 9.92. The third kappa shape index (κ3) is 2.44. The first-order chi connectivity index (χ1) is 10.2. The van der Waals surface area contributed by atoms with Gasteiger partial charge < -0.3 is 14.8 Å². The molecular weight excluding hydrogens is 266 g/mol. The average molecular weight is 283 g/mol. The third-order valence-corrected chi connectivity index (χ3v) is 3.76. The average Bonchev–Trinajstić information content (AvgIpc) is 2.54. The van der Waals surface area contributed by atoms with Gasteiger partial charge in [-0.1, -0.05) is 12.1 Å². The number of carbonyl (C=O) groups excluding carboxylic acids is 1. The smallest absolute Gasteiger partial charge is 0.167 e. The predicted molar refractivity (Wildman–Crippen MR) is 81.3 cm³/mol. The molecule has 2 aromatic rings. The van der Waals surface area contributed by atoms with Crippen molar-refractivity contribution in [2.45, 2.75) is 12.5 Å².